The van der Waals surface area contributed by atoms with Crippen molar-refractivity contribution in [2.45, 2.75) is 60.3 Å². The molecule has 31 heavy (non-hydrogen) atoms. The van der Waals surface area contributed by atoms with Crippen LogP contribution in [0, 0.1) is 40.5 Å². The minimum absolute atomic E-state index is 0.293. The Bertz CT molecular complexity index is 1090. The van der Waals surface area contributed by atoms with Crippen molar-refractivity contribution in [2.75, 3.05) is 24.6 Å². The van der Waals surface area contributed by atoms with E-state index in [1.165, 1.54) is 11.3 Å². The topological polar surface area (TPSA) is 54.2 Å². The lowest BCUT2D eigenvalue weighted by atomic mass is 9.92. The Kier molecular flexibility index (Phi) is 6.27. The van der Waals surface area contributed by atoms with Crippen molar-refractivity contribution in [3.63, 3.8) is 0 Å². The van der Waals surface area contributed by atoms with Crippen LogP contribution in [-0.2, 0) is 0 Å². The zero-order chi connectivity index (χ0) is 22.3. The minimum Gasteiger partial charge on any atom is -0.396 e. The average molecular weight is 441 g/mol. The first kappa shape index (κ1) is 22.1. The number of aromatic nitrogens is 3. The summed E-state index contributed by atoms with van der Waals surface area (Å²) in [6.07, 6.45) is 4.33. The molecular formula is C25H33ClN4O. The van der Waals surface area contributed by atoms with Gasteiger partial charge in [0, 0.05) is 30.4 Å². The Balaban J connectivity index is 1.82. The molecule has 5 nitrogen and oxygen atoms in total. The Morgan fingerprint density at radius 1 is 1.03 bits per heavy atom. The van der Waals surface area contributed by atoms with E-state index >= 15 is 0 Å². The molecule has 0 spiro atoms. The second kappa shape index (κ2) is 8.79. The fourth-order valence-electron chi connectivity index (χ4n) is 5.12. The zero-order valence-electron chi connectivity index (χ0n) is 19.3. The number of halogens is 1. The average Bonchev–Trinajstić information content (AvgIpc) is 2.96. The summed E-state index contributed by atoms with van der Waals surface area (Å²) in [6, 6.07) is 4.05. The first-order valence-electron chi connectivity index (χ1n) is 11.3. The molecule has 0 radical (unpaired) electrons. The molecule has 4 rings (SSSR count). The fourth-order valence-corrected chi connectivity index (χ4v) is 5.45. The summed E-state index contributed by atoms with van der Waals surface area (Å²) in [6.45, 7) is 12.9. The molecule has 0 saturated carbocycles. The first-order chi connectivity index (χ1) is 14.8. The maximum Gasteiger partial charge on any atom is 0.150 e. The van der Waals surface area contributed by atoms with Gasteiger partial charge in [-0.15, -0.1) is 0 Å². The van der Waals surface area contributed by atoms with Crippen LogP contribution in [0.15, 0.2) is 12.1 Å². The van der Waals surface area contributed by atoms with E-state index in [1.54, 1.807) is 0 Å². The minimum atomic E-state index is 0.293. The fraction of sp³-hybridized carbons (Fsp3) is 0.520. The highest BCUT2D eigenvalue weighted by Gasteiger charge is 2.26. The summed E-state index contributed by atoms with van der Waals surface area (Å²) >= 11 is 6.31. The van der Waals surface area contributed by atoms with Crippen LogP contribution in [0.25, 0.3) is 16.7 Å². The van der Waals surface area contributed by atoms with Gasteiger partial charge in [-0.3, -0.25) is 4.57 Å². The van der Waals surface area contributed by atoms with E-state index in [2.05, 4.69) is 37.2 Å². The number of piperidine rings is 1. The molecule has 0 unspecified atom stereocenters. The second-order valence-electron chi connectivity index (χ2n) is 9.02. The number of aliphatic hydroxyl groups is 1. The molecule has 1 N–H and O–H groups in total. The number of benzene rings is 1. The van der Waals surface area contributed by atoms with Crippen LogP contribution < -0.4 is 4.90 Å². The van der Waals surface area contributed by atoms with Crippen LogP contribution in [0.2, 0.25) is 5.02 Å². The maximum absolute atomic E-state index is 9.15. The number of fused-ring (bicyclic) bond motifs is 1. The first-order valence-corrected chi connectivity index (χ1v) is 11.7. The van der Waals surface area contributed by atoms with E-state index in [0.29, 0.717) is 12.5 Å². The molecule has 1 aromatic carbocycles. The quantitative estimate of drug-likeness (QED) is 0.560. The van der Waals surface area contributed by atoms with Crippen molar-refractivity contribution in [1.82, 2.24) is 14.5 Å². The molecule has 1 aliphatic heterocycles. The Hall–Kier alpha value is -2.11. The summed E-state index contributed by atoms with van der Waals surface area (Å²) in [5, 5.41) is 11.1. The number of aryl methyl sites for hydroxylation is 4. The van der Waals surface area contributed by atoms with Crippen molar-refractivity contribution in [3.05, 3.63) is 45.4 Å². The SMILES string of the molecule is Cc1nc(N2CCC(CCCO)CC2)c2c(C)c(C)n(-c3c(C)cc(Cl)cc3C)c2n1. The molecule has 1 aliphatic rings. The van der Waals surface area contributed by atoms with Gasteiger partial charge in [0.25, 0.3) is 0 Å². The summed E-state index contributed by atoms with van der Waals surface area (Å²) in [4.78, 5) is 12.3. The lowest BCUT2D eigenvalue weighted by Gasteiger charge is -2.33. The van der Waals surface area contributed by atoms with Crippen LogP contribution in [0.4, 0.5) is 5.82 Å². The highest BCUT2D eigenvalue weighted by atomic mass is 35.5. The molecule has 0 amide bonds. The summed E-state index contributed by atoms with van der Waals surface area (Å²) in [7, 11) is 0. The van der Waals surface area contributed by atoms with E-state index in [-0.39, 0.29) is 0 Å². The van der Waals surface area contributed by atoms with E-state index < -0.39 is 0 Å². The molecule has 166 valence electrons. The maximum atomic E-state index is 9.15. The molecule has 1 saturated heterocycles. The number of anilines is 1. The van der Waals surface area contributed by atoms with Crippen LogP contribution in [0.5, 0.6) is 0 Å². The summed E-state index contributed by atoms with van der Waals surface area (Å²) in [5.41, 5.74) is 6.86. The van der Waals surface area contributed by atoms with Crippen molar-refractivity contribution in [2.24, 2.45) is 5.92 Å². The lowest BCUT2D eigenvalue weighted by molar-refractivity contribution is 0.261. The Morgan fingerprint density at radius 2 is 1.68 bits per heavy atom. The van der Waals surface area contributed by atoms with Crippen LogP contribution in [-0.4, -0.2) is 39.3 Å². The van der Waals surface area contributed by atoms with Gasteiger partial charge < -0.3 is 10.0 Å². The molecule has 0 atom stereocenters. The standard InChI is InChI=1S/C25H33ClN4O/c1-15-13-21(26)14-16(2)23(15)30-18(4)17(3)22-24(27-19(5)28-25(22)30)29-10-8-20(9-11-29)7-6-12-31/h13-14,20,31H,6-12H2,1-5H3. The number of nitrogens with zero attached hydrogens (tertiary/aromatic N) is 4. The highest BCUT2D eigenvalue weighted by Crippen LogP contribution is 2.37. The van der Waals surface area contributed by atoms with Crippen LogP contribution in [0.1, 0.15) is 53.9 Å². The molecule has 3 heterocycles. The normalized spacial score (nSPS) is 15.3. The van der Waals surface area contributed by atoms with Gasteiger partial charge in [-0.2, -0.15) is 0 Å². The van der Waals surface area contributed by atoms with Gasteiger partial charge in [0.05, 0.1) is 11.1 Å². The van der Waals surface area contributed by atoms with Gasteiger partial charge in [0.1, 0.15) is 11.6 Å². The van der Waals surface area contributed by atoms with Crippen molar-refractivity contribution < 1.29 is 5.11 Å². The number of rotatable bonds is 5. The predicted octanol–water partition coefficient (Wildman–Crippen LogP) is 5.60. The smallest absolute Gasteiger partial charge is 0.150 e. The molecule has 6 heteroatoms. The summed E-state index contributed by atoms with van der Waals surface area (Å²) < 4.78 is 2.29. The van der Waals surface area contributed by atoms with Gasteiger partial charge in [0.15, 0.2) is 5.65 Å². The third-order valence-corrected chi connectivity index (χ3v) is 7.03. The van der Waals surface area contributed by atoms with Gasteiger partial charge in [-0.25, -0.2) is 9.97 Å². The van der Waals surface area contributed by atoms with Gasteiger partial charge in [-0.1, -0.05) is 11.6 Å². The molecule has 3 aromatic rings. The third-order valence-electron chi connectivity index (χ3n) is 6.81. The van der Waals surface area contributed by atoms with E-state index in [9.17, 15) is 0 Å². The lowest BCUT2D eigenvalue weighted by Crippen LogP contribution is -2.34. The molecule has 0 bridgehead atoms. The molecule has 1 fully saturated rings. The predicted molar refractivity (Wildman–Crippen MR) is 129 cm³/mol. The Morgan fingerprint density at radius 3 is 2.29 bits per heavy atom. The molecule has 2 aromatic heterocycles. The summed E-state index contributed by atoms with van der Waals surface area (Å²) in [5.74, 6) is 2.56. The number of hydrogen-bond donors (Lipinski definition) is 1. The van der Waals surface area contributed by atoms with Gasteiger partial charge >= 0.3 is 0 Å². The van der Waals surface area contributed by atoms with E-state index in [4.69, 9.17) is 26.7 Å². The van der Waals surface area contributed by atoms with Gasteiger partial charge in [-0.05, 0) is 95.0 Å². The third kappa shape index (κ3) is 4.06. The largest absolute Gasteiger partial charge is 0.396 e. The Labute approximate surface area is 190 Å². The van der Waals surface area contributed by atoms with E-state index in [1.807, 2.05) is 19.1 Å². The van der Waals surface area contributed by atoms with Crippen LogP contribution >= 0.6 is 11.6 Å². The molecular weight excluding hydrogens is 408 g/mol. The number of aliphatic hydroxyl groups excluding tert-OH is 1. The van der Waals surface area contributed by atoms with Crippen molar-refractivity contribution >= 4 is 28.5 Å². The van der Waals surface area contributed by atoms with Crippen LogP contribution in [0.3, 0.4) is 0 Å². The van der Waals surface area contributed by atoms with Gasteiger partial charge in [0.2, 0.25) is 0 Å². The zero-order valence-corrected chi connectivity index (χ0v) is 20.1. The van der Waals surface area contributed by atoms with E-state index in [0.717, 1.165) is 83.3 Å². The van der Waals surface area contributed by atoms with Crippen molar-refractivity contribution in [1.29, 1.82) is 0 Å². The second-order valence-corrected chi connectivity index (χ2v) is 9.46. The number of hydrogen-bond acceptors (Lipinski definition) is 4. The highest BCUT2D eigenvalue weighted by molar-refractivity contribution is 6.30. The monoisotopic (exact) mass is 440 g/mol. The van der Waals surface area contributed by atoms with Crippen molar-refractivity contribution in [3.8, 4) is 5.69 Å². The molecule has 0 aliphatic carbocycles.